The first-order valence-corrected chi connectivity index (χ1v) is 7.55. The molecule has 1 aromatic rings. The molecule has 0 atom stereocenters. The number of nitrogens with one attached hydrogen (secondary N) is 1. The molecule has 0 bridgehead atoms. The summed E-state index contributed by atoms with van der Waals surface area (Å²) in [6, 6.07) is 0.581. The lowest BCUT2D eigenvalue weighted by Gasteiger charge is -2.11. The normalized spacial score (nSPS) is 14.4. The van der Waals surface area contributed by atoms with Crippen LogP contribution in [0.2, 0.25) is 0 Å². The van der Waals surface area contributed by atoms with Crippen LogP contribution in [0, 0.1) is 26.1 Å². The van der Waals surface area contributed by atoms with E-state index in [1.54, 1.807) is 0 Å². The number of rotatable bonds is 9. The van der Waals surface area contributed by atoms with Crippen molar-refractivity contribution in [2.45, 2.75) is 25.4 Å². The Hall–Kier alpha value is -2.43. The number of ether oxygens (including phenoxy) is 1. The molecule has 2 rings (SSSR count). The first-order valence-electron chi connectivity index (χ1n) is 7.55. The zero-order valence-electron chi connectivity index (χ0n) is 13.0. The molecule has 0 radical (unpaired) electrons. The third-order valence-corrected chi connectivity index (χ3v) is 3.64. The van der Waals surface area contributed by atoms with E-state index in [-0.39, 0.29) is 6.54 Å². The van der Waals surface area contributed by atoms with Crippen LogP contribution in [0.3, 0.4) is 0 Å². The molecule has 1 fully saturated rings. The minimum Gasteiger partial charge on any atom is -0.381 e. The molecular weight excluding hydrogens is 347 g/mol. The molecule has 0 unspecified atom stereocenters. The van der Waals surface area contributed by atoms with E-state index in [0.29, 0.717) is 37.7 Å². The Morgan fingerprint density at radius 1 is 1.16 bits per heavy atom. The summed E-state index contributed by atoms with van der Waals surface area (Å²) in [6.45, 7) is 1.07. The summed E-state index contributed by atoms with van der Waals surface area (Å²) in [5.74, 6) is 0.574. The van der Waals surface area contributed by atoms with E-state index in [4.69, 9.17) is 4.74 Å². The first kappa shape index (κ1) is 18.9. The summed E-state index contributed by atoms with van der Waals surface area (Å²) in [5.41, 5.74) is -3.95. The van der Waals surface area contributed by atoms with E-state index in [0.717, 1.165) is 12.8 Å². The van der Waals surface area contributed by atoms with Gasteiger partial charge in [0.1, 0.15) is 0 Å². The van der Waals surface area contributed by atoms with E-state index in [2.05, 4.69) is 5.32 Å². The molecule has 0 amide bonds. The Labute approximate surface area is 140 Å². The number of hydrogen-bond acceptors (Lipinski definition) is 6. The van der Waals surface area contributed by atoms with Gasteiger partial charge < -0.3 is 10.1 Å². The van der Waals surface area contributed by atoms with E-state index in [1.165, 1.54) is 0 Å². The molecule has 1 aliphatic carbocycles. The quantitative estimate of drug-likeness (QED) is 0.407. The second-order valence-electron chi connectivity index (χ2n) is 5.70. The van der Waals surface area contributed by atoms with Gasteiger partial charge in [0, 0.05) is 31.9 Å². The number of alkyl halides is 3. The van der Waals surface area contributed by atoms with Gasteiger partial charge in [-0.3, -0.25) is 20.2 Å². The van der Waals surface area contributed by atoms with Crippen LogP contribution >= 0.6 is 0 Å². The molecule has 1 N–H and O–H groups in total. The number of hydrogen-bond donors (Lipinski definition) is 1. The standard InChI is InChI=1S/C14H16F3N3O5/c15-14(16,17)10-6-11(19(21)22)13(12(7-10)20(23)24)18-4-1-5-25-8-9-2-3-9/h6-7,9,18H,1-5,8H2. The van der Waals surface area contributed by atoms with Crippen LogP contribution in [0.4, 0.5) is 30.2 Å². The second-order valence-corrected chi connectivity index (χ2v) is 5.70. The summed E-state index contributed by atoms with van der Waals surface area (Å²) in [6.07, 6.45) is -2.27. The number of anilines is 1. The van der Waals surface area contributed by atoms with Crippen molar-refractivity contribution >= 4 is 17.1 Å². The van der Waals surface area contributed by atoms with Crippen LogP contribution in [0.5, 0.6) is 0 Å². The van der Waals surface area contributed by atoms with Crippen molar-refractivity contribution in [1.29, 1.82) is 0 Å². The largest absolute Gasteiger partial charge is 0.416 e. The number of nitro benzene ring substituents is 2. The van der Waals surface area contributed by atoms with Gasteiger partial charge in [-0.05, 0) is 25.2 Å². The zero-order valence-corrected chi connectivity index (χ0v) is 13.0. The molecule has 1 aromatic carbocycles. The third kappa shape index (κ3) is 5.28. The summed E-state index contributed by atoms with van der Waals surface area (Å²) >= 11 is 0. The smallest absolute Gasteiger partial charge is 0.381 e. The number of nitrogens with zero attached hydrogens (tertiary/aromatic N) is 2. The molecule has 25 heavy (non-hydrogen) atoms. The van der Waals surface area contributed by atoms with Crippen LogP contribution in [-0.2, 0) is 10.9 Å². The molecule has 138 valence electrons. The predicted octanol–water partition coefficient (Wildman–Crippen LogP) is 3.75. The Morgan fingerprint density at radius 2 is 1.72 bits per heavy atom. The Morgan fingerprint density at radius 3 is 2.16 bits per heavy atom. The molecular formula is C14H16F3N3O5. The average Bonchev–Trinajstić information content (AvgIpc) is 3.33. The van der Waals surface area contributed by atoms with Crippen molar-refractivity contribution in [3.63, 3.8) is 0 Å². The van der Waals surface area contributed by atoms with Gasteiger partial charge in [0.2, 0.25) is 0 Å². The van der Waals surface area contributed by atoms with E-state index in [9.17, 15) is 33.4 Å². The SMILES string of the molecule is O=[N+]([O-])c1cc(C(F)(F)F)cc([N+](=O)[O-])c1NCCCOCC1CC1. The molecule has 0 aromatic heterocycles. The second kappa shape index (κ2) is 7.64. The van der Waals surface area contributed by atoms with E-state index >= 15 is 0 Å². The monoisotopic (exact) mass is 363 g/mol. The van der Waals surface area contributed by atoms with Crippen molar-refractivity contribution < 1.29 is 27.8 Å². The van der Waals surface area contributed by atoms with Crippen molar-refractivity contribution in [2.75, 3.05) is 25.1 Å². The summed E-state index contributed by atoms with van der Waals surface area (Å²) in [7, 11) is 0. The maximum Gasteiger partial charge on any atom is 0.416 e. The molecule has 1 aliphatic rings. The fourth-order valence-electron chi connectivity index (χ4n) is 2.17. The van der Waals surface area contributed by atoms with Crippen molar-refractivity contribution in [3.05, 3.63) is 37.9 Å². The Kier molecular flexibility index (Phi) is 5.77. The lowest BCUT2D eigenvalue weighted by atomic mass is 10.1. The van der Waals surface area contributed by atoms with Gasteiger partial charge in [-0.2, -0.15) is 13.2 Å². The number of benzene rings is 1. The lowest BCUT2D eigenvalue weighted by Crippen LogP contribution is -2.12. The molecule has 0 heterocycles. The summed E-state index contributed by atoms with van der Waals surface area (Å²) in [5, 5.41) is 24.6. The van der Waals surface area contributed by atoms with Gasteiger partial charge >= 0.3 is 6.18 Å². The van der Waals surface area contributed by atoms with Crippen molar-refractivity contribution in [3.8, 4) is 0 Å². The molecule has 1 saturated carbocycles. The average molecular weight is 363 g/mol. The molecule has 8 nitrogen and oxygen atoms in total. The molecule has 0 saturated heterocycles. The number of nitro groups is 2. The fourth-order valence-corrected chi connectivity index (χ4v) is 2.17. The molecule has 0 aliphatic heterocycles. The zero-order chi connectivity index (χ0) is 18.6. The summed E-state index contributed by atoms with van der Waals surface area (Å²) in [4.78, 5) is 19.9. The van der Waals surface area contributed by atoms with Gasteiger partial charge in [-0.15, -0.1) is 0 Å². The third-order valence-electron chi connectivity index (χ3n) is 3.64. The van der Waals surface area contributed by atoms with Crippen molar-refractivity contribution in [1.82, 2.24) is 0 Å². The maximum atomic E-state index is 12.8. The highest BCUT2D eigenvalue weighted by Gasteiger charge is 2.37. The van der Waals surface area contributed by atoms with Crippen molar-refractivity contribution in [2.24, 2.45) is 5.92 Å². The van der Waals surface area contributed by atoms with Gasteiger partial charge in [-0.1, -0.05) is 0 Å². The van der Waals surface area contributed by atoms with E-state index < -0.39 is 38.6 Å². The van der Waals surface area contributed by atoms with Crippen LogP contribution in [-0.4, -0.2) is 29.6 Å². The minimum absolute atomic E-state index is 0.0950. The van der Waals surface area contributed by atoms with Gasteiger partial charge in [0.15, 0.2) is 5.69 Å². The highest BCUT2D eigenvalue weighted by atomic mass is 19.4. The molecule has 11 heteroatoms. The lowest BCUT2D eigenvalue weighted by molar-refractivity contribution is -0.392. The predicted molar refractivity (Wildman–Crippen MR) is 81.4 cm³/mol. The fraction of sp³-hybridized carbons (Fsp3) is 0.571. The van der Waals surface area contributed by atoms with Crippen LogP contribution in [0.1, 0.15) is 24.8 Å². The van der Waals surface area contributed by atoms with Gasteiger partial charge in [0.25, 0.3) is 11.4 Å². The van der Waals surface area contributed by atoms with Gasteiger partial charge in [-0.25, -0.2) is 0 Å². The van der Waals surface area contributed by atoms with Crippen LogP contribution in [0.15, 0.2) is 12.1 Å². The Balaban J connectivity index is 2.12. The van der Waals surface area contributed by atoms with Crippen LogP contribution in [0.25, 0.3) is 0 Å². The van der Waals surface area contributed by atoms with Crippen LogP contribution < -0.4 is 5.32 Å². The van der Waals surface area contributed by atoms with E-state index in [1.807, 2.05) is 0 Å². The highest BCUT2D eigenvalue weighted by Crippen LogP contribution is 2.41. The first-order chi connectivity index (χ1) is 11.7. The van der Waals surface area contributed by atoms with Gasteiger partial charge in [0.05, 0.1) is 15.4 Å². The molecule has 0 spiro atoms. The Bertz CT molecular complexity index is 627. The highest BCUT2D eigenvalue weighted by molar-refractivity contribution is 5.75. The topological polar surface area (TPSA) is 108 Å². The maximum absolute atomic E-state index is 12.8. The minimum atomic E-state index is -4.93. The summed E-state index contributed by atoms with van der Waals surface area (Å²) < 4.78 is 43.7. The number of halogens is 3.